The molecule has 1 aliphatic rings. The van der Waals surface area contributed by atoms with Gasteiger partial charge in [0.05, 0.1) is 10.9 Å². The number of pyridine rings is 1. The van der Waals surface area contributed by atoms with Gasteiger partial charge < -0.3 is 0 Å². The Morgan fingerprint density at radius 3 is 2.68 bits per heavy atom. The fourth-order valence-electron chi connectivity index (χ4n) is 2.31. The summed E-state index contributed by atoms with van der Waals surface area (Å²) < 4.78 is 0.594. The molecule has 110 valence electrons. The zero-order chi connectivity index (χ0) is 15.5. The number of hydrogen-bond donors (Lipinski definition) is 0. The van der Waals surface area contributed by atoms with Gasteiger partial charge in [-0.05, 0) is 30.2 Å². The summed E-state index contributed by atoms with van der Waals surface area (Å²) in [5.74, 6) is -0.0461. The van der Waals surface area contributed by atoms with Gasteiger partial charge >= 0.3 is 0 Å². The SMILES string of the molecule is CC(c1ccccc1)N1C(=O)/C(=C/c2cccnc2)SC1=S. The largest absolute Gasteiger partial charge is 0.286 e. The summed E-state index contributed by atoms with van der Waals surface area (Å²) in [5.41, 5.74) is 1.97. The van der Waals surface area contributed by atoms with Crippen LogP contribution in [0.1, 0.15) is 24.1 Å². The van der Waals surface area contributed by atoms with E-state index >= 15 is 0 Å². The summed E-state index contributed by atoms with van der Waals surface area (Å²) in [6.45, 7) is 1.99. The van der Waals surface area contributed by atoms with Crippen molar-refractivity contribution >= 4 is 40.3 Å². The van der Waals surface area contributed by atoms with Crippen LogP contribution in [0.4, 0.5) is 0 Å². The summed E-state index contributed by atoms with van der Waals surface area (Å²) in [7, 11) is 0. The Kier molecular flexibility index (Phi) is 4.36. The van der Waals surface area contributed by atoms with Crippen molar-refractivity contribution in [2.24, 2.45) is 0 Å². The van der Waals surface area contributed by atoms with E-state index in [0.717, 1.165) is 11.1 Å². The Morgan fingerprint density at radius 2 is 2.00 bits per heavy atom. The van der Waals surface area contributed by atoms with Crippen LogP contribution in [-0.2, 0) is 4.79 Å². The molecule has 0 spiro atoms. The third-order valence-electron chi connectivity index (χ3n) is 3.47. The quantitative estimate of drug-likeness (QED) is 0.629. The van der Waals surface area contributed by atoms with E-state index in [1.165, 1.54) is 11.8 Å². The highest BCUT2D eigenvalue weighted by atomic mass is 32.2. The molecule has 0 saturated carbocycles. The van der Waals surface area contributed by atoms with E-state index in [1.807, 2.05) is 55.5 Å². The van der Waals surface area contributed by atoms with E-state index in [1.54, 1.807) is 17.3 Å². The fourth-order valence-corrected chi connectivity index (χ4v) is 3.73. The van der Waals surface area contributed by atoms with Gasteiger partial charge in [0, 0.05) is 12.4 Å². The van der Waals surface area contributed by atoms with Crippen LogP contribution in [0.2, 0.25) is 0 Å². The minimum atomic E-state index is -0.0755. The topological polar surface area (TPSA) is 33.2 Å². The van der Waals surface area contributed by atoms with Gasteiger partial charge in [-0.2, -0.15) is 0 Å². The Morgan fingerprint density at radius 1 is 1.23 bits per heavy atom. The minimum absolute atomic E-state index is 0.0461. The normalized spacial score (nSPS) is 18.0. The van der Waals surface area contributed by atoms with Gasteiger partial charge in [0.25, 0.3) is 5.91 Å². The van der Waals surface area contributed by atoms with Crippen molar-refractivity contribution in [3.63, 3.8) is 0 Å². The van der Waals surface area contributed by atoms with Crippen molar-refractivity contribution in [2.75, 3.05) is 0 Å². The number of aromatic nitrogens is 1. The van der Waals surface area contributed by atoms with Gasteiger partial charge in [0.2, 0.25) is 0 Å². The number of thiocarbonyl (C=S) groups is 1. The molecular formula is C17H14N2OS2. The van der Waals surface area contributed by atoms with Crippen LogP contribution in [0.25, 0.3) is 6.08 Å². The first-order valence-corrected chi connectivity index (χ1v) is 8.11. The van der Waals surface area contributed by atoms with E-state index in [4.69, 9.17) is 12.2 Å². The Hall–Kier alpha value is -1.98. The number of nitrogens with zero attached hydrogens (tertiary/aromatic N) is 2. The molecule has 1 atom stereocenters. The molecule has 2 aromatic rings. The molecule has 0 radical (unpaired) electrons. The second-order valence-corrected chi connectivity index (χ2v) is 6.60. The molecule has 3 nitrogen and oxygen atoms in total. The van der Waals surface area contributed by atoms with Crippen LogP contribution in [0.15, 0.2) is 59.8 Å². The van der Waals surface area contributed by atoms with Gasteiger partial charge in [-0.25, -0.2) is 0 Å². The highest BCUT2D eigenvalue weighted by Gasteiger charge is 2.35. The Labute approximate surface area is 139 Å². The number of hydrogen-bond acceptors (Lipinski definition) is 4. The molecule has 1 fully saturated rings. The monoisotopic (exact) mass is 326 g/mol. The van der Waals surface area contributed by atoms with Gasteiger partial charge in [-0.3, -0.25) is 14.7 Å². The first-order valence-electron chi connectivity index (χ1n) is 6.89. The molecule has 1 aromatic carbocycles. The van der Waals surface area contributed by atoms with Crippen molar-refractivity contribution < 1.29 is 4.79 Å². The van der Waals surface area contributed by atoms with Crippen LogP contribution < -0.4 is 0 Å². The van der Waals surface area contributed by atoms with Crippen LogP contribution in [0.5, 0.6) is 0 Å². The second-order valence-electron chi connectivity index (χ2n) is 4.92. The standard InChI is InChI=1S/C17H14N2OS2/c1-12(14-7-3-2-4-8-14)19-16(20)15(22-17(19)21)10-13-6-5-9-18-11-13/h2-12H,1H3/b15-10-. The molecule has 1 unspecified atom stereocenters. The number of amides is 1. The van der Waals surface area contributed by atoms with Crippen molar-refractivity contribution in [3.8, 4) is 0 Å². The Balaban J connectivity index is 1.88. The lowest BCUT2D eigenvalue weighted by Gasteiger charge is -2.23. The highest BCUT2D eigenvalue weighted by Crippen LogP contribution is 2.37. The van der Waals surface area contributed by atoms with Crippen molar-refractivity contribution in [2.45, 2.75) is 13.0 Å². The minimum Gasteiger partial charge on any atom is -0.286 e. The van der Waals surface area contributed by atoms with Gasteiger partial charge in [-0.15, -0.1) is 0 Å². The maximum Gasteiger partial charge on any atom is 0.266 e. The molecule has 0 aliphatic carbocycles. The molecule has 1 amide bonds. The maximum absolute atomic E-state index is 12.7. The number of thioether (sulfide) groups is 1. The van der Waals surface area contributed by atoms with Crippen LogP contribution >= 0.6 is 24.0 Å². The van der Waals surface area contributed by atoms with Crippen LogP contribution in [0.3, 0.4) is 0 Å². The number of carbonyl (C=O) groups excluding carboxylic acids is 1. The predicted molar refractivity (Wildman–Crippen MR) is 94.1 cm³/mol. The summed E-state index contributed by atoms with van der Waals surface area (Å²) in [4.78, 5) is 19.0. The lowest BCUT2D eigenvalue weighted by atomic mass is 10.1. The third kappa shape index (κ3) is 2.96. The van der Waals surface area contributed by atoms with Crippen molar-refractivity contribution in [1.82, 2.24) is 9.88 Å². The average molecular weight is 326 g/mol. The lowest BCUT2D eigenvalue weighted by molar-refractivity contribution is -0.123. The van der Waals surface area contributed by atoms with Crippen LogP contribution in [0, 0.1) is 0 Å². The molecule has 1 aromatic heterocycles. The Bertz CT molecular complexity index is 729. The van der Waals surface area contributed by atoms with Gasteiger partial charge in [-0.1, -0.05) is 60.4 Å². The summed E-state index contributed by atoms with van der Waals surface area (Å²) >= 11 is 6.74. The molecule has 3 rings (SSSR count). The maximum atomic E-state index is 12.7. The summed E-state index contributed by atoms with van der Waals surface area (Å²) in [6, 6.07) is 13.6. The number of benzene rings is 1. The molecule has 1 aliphatic heterocycles. The predicted octanol–water partition coefficient (Wildman–Crippen LogP) is 4.04. The van der Waals surface area contributed by atoms with Crippen molar-refractivity contribution in [1.29, 1.82) is 0 Å². The lowest BCUT2D eigenvalue weighted by Crippen LogP contribution is -2.30. The smallest absolute Gasteiger partial charge is 0.266 e. The molecule has 0 bridgehead atoms. The zero-order valence-corrected chi connectivity index (χ0v) is 13.6. The molecule has 0 N–H and O–H groups in total. The number of rotatable bonds is 3. The molecule has 1 saturated heterocycles. The fraction of sp³-hybridized carbons (Fsp3) is 0.118. The van der Waals surface area contributed by atoms with Crippen molar-refractivity contribution in [3.05, 3.63) is 70.9 Å². The van der Waals surface area contributed by atoms with E-state index in [0.29, 0.717) is 9.23 Å². The summed E-state index contributed by atoms with van der Waals surface area (Å²) in [6.07, 6.45) is 5.28. The first kappa shape index (κ1) is 14.9. The molecule has 22 heavy (non-hydrogen) atoms. The third-order valence-corrected chi connectivity index (χ3v) is 4.81. The van der Waals surface area contributed by atoms with Gasteiger partial charge in [0.1, 0.15) is 4.32 Å². The molecule has 2 heterocycles. The molecular weight excluding hydrogens is 312 g/mol. The highest BCUT2D eigenvalue weighted by molar-refractivity contribution is 8.26. The van der Waals surface area contributed by atoms with E-state index < -0.39 is 0 Å². The summed E-state index contributed by atoms with van der Waals surface area (Å²) in [5, 5.41) is 0. The second kappa shape index (κ2) is 6.42. The van der Waals surface area contributed by atoms with Crippen LogP contribution in [-0.4, -0.2) is 20.1 Å². The number of carbonyl (C=O) groups is 1. The zero-order valence-electron chi connectivity index (χ0n) is 12.0. The average Bonchev–Trinajstić information content (AvgIpc) is 2.82. The van der Waals surface area contributed by atoms with Gasteiger partial charge in [0.15, 0.2) is 0 Å². The van der Waals surface area contributed by atoms with E-state index in [2.05, 4.69) is 4.98 Å². The first-order chi connectivity index (χ1) is 10.7. The van der Waals surface area contributed by atoms with E-state index in [9.17, 15) is 4.79 Å². The molecule has 5 heteroatoms. The van der Waals surface area contributed by atoms with E-state index in [-0.39, 0.29) is 11.9 Å².